The highest BCUT2D eigenvalue weighted by Crippen LogP contribution is 2.32. The summed E-state index contributed by atoms with van der Waals surface area (Å²) in [5.74, 6) is -1.34. The maximum absolute atomic E-state index is 14.1. The zero-order valence-corrected chi connectivity index (χ0v) is 17.2. The highest BCUT2D eigenvalue weighted by molar-refractivity contribution is 5.96. The molecule has 2 aromatic rings. The first-order chi connectivity index (χ1) is 13.3. The fourth-order valence-electron chi connectivity index (χ4n) is 3.69. The van der Waals surface area contributed by atoms with E-state index < -0.39 is 11.4 Å². The third-order valence-electron chi connectivity index (χ3n) is 5.29. The summed E-state index contributed by atoms with van der Waals surface area (Å²) in [5, 5.41) is 5.40. The van der Waals surface area contributed by atoms with E-state index in [2.05, 4.69) is 10.6 Å². The Labute approximate surface area is 176 Å². The first-order valence-electron chi connectivity index (χ1n) is 9.58. The van der Waals surface area contributed by atoms with Gasteiger partial charge in [-0.25, -0.2) is 4.39 Å². The predicted octanol–water partition coefficient (Wildman–Crippen LogP) is 4.27. The second kappa shape index (κ2) is 9.85. The van der Waals surface area contributed by atoms with Gasteiger partial charge in [-0.2, -0.15) is 0 Å². The molecule has 2 atom stereocenters. The van der Waals surface area contributed by atoms with E-state index in [9.17, 15) is 14.0 Å². The van der Waals surface area contributed by atoms with Crippen LogP contribution >= 0.6 is 12.4 Å². The van der Waals surface area contributed by atoms with Gasteiger partial charge in [0.05, 0.1) is 18.0 Å². The standard InChI is InChI=1S/C22H26FN3O2.ClH/c1-22(24)12-6-5-9-17(22)21(28)25-16-10-11-18(23)19(14-16)26-20(27)13-15-7-3-2-4-8-15;/h2-4,7-8,10-11,14,17H,5-6,9,12-13,24H2,1H3,(H,25,28)(H,26,27);1H. The minimum absolute atomic E-state index is 0. The molecule has 7 heteroatoms. The van der Waals surface area contributed by atoms with Crippen molar-refractivity contribution in [2.45, 2.75) is 44.6 Å². The molecule has 156 valence electrons. The summed E-state index contributed by atoms with van der Waals surface area (Å²) in [7, 11) is 0. The van der Waals surface area contributed by atoms with Gasteiger partial charge < -0.3 is 16.4 Å². The number of halogens is 2. The number of amides is 2. The van der Waals surface area contributed by atoms with Crippen LogP contribution in [0, 0.1) is 11.7 Å². The van der Waals surface area contributed by atoms with Crippen molar-refractivity contribution in [3.63, 3.8) is 0 Å². The van der Waals surface area contributed by atoms with Crippen LogP contribution in [-0.2, 0) is 16.0 Å². The van der Waals surface area contributed by atoms with E-state index in [0.29, 0.717) is 5.69 Å². The molecule has 0 radical (unpaired) electrons. The van der Waals surface area contributed by atoms with Gasteiger partial charge in [-0.05, 0) is 43.5 Å². The fraction of sp³-hybridized carbons (Fsp3) is 0.364. The summed E-state index contributed by atoms with van der Waals surface area (Å²) in [6.07, 6.45) is 3.67. The maximum atomic E-state index is 14.1. The van der Waals surface area contributed by atoms with Gasteiger partial charge in [0.15, 0.2) is 0 Å². The first-order valence-corrected chi connectivity index (χ1v) is 9.58. The maximum Gasteiger partial charge on any atom is 0.229 e. The number of nitrogens with one attached hydrogen (secondary N) is 2. The van der Waals surface area contributed by atoms with E-state index in [-0.39, 0.29) is 42.2 Å². The van der Waals surface area contributed by atoms with E-state index in [1.165, 1.54) is 18.2 Å². The molecule has 0 saturated heterocycles. The molecule has 1 aliphatic carbocycles. The quantitative estimate of drug-likeness (QED) is 0.676. The Morgan fingerprint density at radius 2 is 1.86 bits per heavy atom. The molecule has 1 fully saturated rings. The summed E-state index contributed by atoms with van der Waals surface area (Å²) >= 11 is 0. The summed E-state index contributed by atoms with van der Waals surface area (Å²) in [4.78, 5) is 24.9. The molecule has 0 bridgehead atoms. The largest absolute Gasteiger partial charge is 0.326 e. The molecule has 5 nitrogen and oxygen atoms in total. The molecule has 1 aliphatic rings. The zero-order chi connectivity index (χ0) is 20.1. The van der Waals surface area contributed by atoms with Crippen molar-refractivity contribution in [2.24, 2.45) is 11.7 Å². The van der Waals surface area contributed by atoms with Gasteiger partial charge in [0, 0.05) is 11.2 Å². The Morgan fingerprint density at radius 3 is 2.55 bits per heavy atom. The lowest BCUT2D eigenvalue weighted by Crippen LogP contribution is -2.51. The average Bonchev–Trinajstić information content (AvgIpc) is 2.64. The van der Waals surface area contributed by atoms with Gasteiger partial charge >= 0.3 is 0 Å². The Hall–Kier alpha value is -2.44. The van der Waals surface area contributed by atoms with Crippen LogP contribution in [0.2, 0.25) is 0 Å². The summed E-state index contributed by atoms with van der Waals surface area (Å²) in [5.41, 5.74) is 7.06. The highest BCUT2D eigenvalue weighted by Gasteiger charge is 2.37. The Balaban J connectivity index is 0.00000300. The van der Waals surface area contributed by atoms with Gasteiger partial charge in [0.2, 0.25) is 11.8 Å². The van der Waals surface area contributed by atoms with Crippen LogP contribution in [0.3, 0.4) is 0 Å². The smallest absolute Gasteiger partial charge is 0.229 e. The molecule has 0 spiro atoms. The van der Waals surface area contributed by atoms with Crippen molar-refractivity contribution in [1.29, 1.82) is 0 Å². The Bertz CT molecular complexity index is 858. The molecule has 1 saturated carbocycles. The third kappa shape index (κ3) is 6.02. The van der Waals surface area contributed by atoms with E-state index >= 15 is 0 Å². The van der Waals surface area contributed by atoms with Crippen LogP contribution in [0.5, 0.6) is 0 Å². The first kappa shape index (κ1) is 22.8. The molecule has 0 heterocycles. The minimum atomic E-state index is -0.555. The Morgan fingerprint density at radius 1 is 1.14 bits per heavy atom. The number of carbonyl (C=O) groups excluding carboxylic acids is 2. The number of rotatable bonds is 5. The van der Waals surface area contributed by atoms with Gasteiger partial charge in [-0.3, -0.25) is 9.59 Å². The van der Waals surface area contributed by atoms with Crippen molar-refractivity contribution < 1.29 is 14.0 Å². The van der Waals surface area contributed by atoms with Gasteiger partial charge in [0.1, 0.15) is 5.82 Å². The van der Waals surface area contributed by atoms with Crippen molar-refractivity contribution in [3.05, 3.63) is 59.9 Å². The number of carbonyl (C=O) groups is 2. The second-order valence-corrected chi connectivity index (χ2v) is 7.70. The number of hydrogen-bond donors (Lipinski definition) is 3. The highest BCUT2D eigenvalue weighted by atomic mass is 35.5. The van der Waals surface area contributed by atoms with Crippen LogP contribution in [-0.4, -0.2) is 17.4 Å². The fourth-order valence-corrected chi connectivity index (χ4v) is 3.69. The molecule has 0 aliphatic heterocycles. The van der Waals surface area contributed by atoms with Gasteiger partial charge in [0.25, 0.3) is 0 Å². The summed E-state index contributed by atoms with van der Waals surface area (Å²) in [6, 6.07) is 13.4. The van der Waals surface area contributed by atoms with Crippen LogP contribution in [0.25, 0.3) is 0 Å². The summed E-state index contributed by atoms with van der Waals surface area (Å²) in [6.45, 7) is 1.90. The van der Waals surface area contributed by atoms with Crippen LogP contribution in [0.1, 0.15) is 38.2 Å². The molecule has 29 heavy (non-hydrogen) atoms. The molecule has 2 aromatic carbocycles. The Kier molecular flexibility index (Phi) is 7.76. The van der Waals surface area contributed by atoms with Crippen molar-refractivity contribution >= 4 is 35.6 Å². The minimum Gasteiger partial charge on any atom is -0.326 e. The molecular weight excluding hydrogens is 393 g/mol. The molecule has 3 rings (SSSR count). The predicted molar refractivity (Wildman–Crippen MR) is 116 cm³/mol. The van der Waals surface area contributed by atoms with Crippen LogP contribution in [0.15, 0.2) is 48.5 Å². The van der Waals surface area contributed by atoms with Crippen molar-refractivity contribution in [1.82, 2.24) is 0 Å². The molecular formula is C22H27ClFN3O2. The van der Waals surface area contributed by atoms with Crippen LogP contribution < -0.4 is 16.4 Å². The molecule has 2 unspecified atom stereocenters. The second-order valence-electron chi connectivity index (χ2n) is 7.70. The van der Waals surface area contributed by atoms with E-state index in [1.54, 1.807) is 0 Å². The number of nitrogens with two attached hydrogens (primary N) is 1. The SMILES string of the molecule is CC1(N)CCCCC1C(=O)Nc1ccc(F)c(NC(=O)Cc2ccccc2)c1.Cl. The zero-order valence-electron chi connectivity index (χ0n) is 16.4. The van der Waals surface area contributed by atoms with E-state index in [1.807, 2.05) is 37.3 Å². The van der Waals surface area contributed by atoms with Crippen LogP contribution in [0.4, 0.5) is 15.8 Å². The lowest BCUT2D eigenvalue weighted by atomic mass is 9.74. The van der Waals surface area contributed by atoms with Crippen molar-refractivity contribution in [2.75, 3.05) is 10.6 Å². The lowest BCUT2D eigenvalue weighted by Gasteiger charge is -2.37. The molecule has 4 N–H and O–H groups in total. The molecule has 0 aromatic heterocycles. The number of anilines is 2. The lowest BCUT2D eigenvalue weighted by molar-refractivity contribution is -0.122. The van der Waals surface area contributed by atoms with E-state index in [4.69, 9.17) is 5.73 Å². The van der Waals surface area contributed by atoms with Gasteiger partial charge in [-0.1, -0.05) is 43.2 Å². The molecule has 2 amide bonds. The monoisotopic (exact) mass is 419 g/mol. The number of hydrogen-bond acceptors (Lipinski definition) is 3. The summed E-state index contributed by atoms with van der Waals surface area (Å²) < 4.78 is 14.1. The third-order valence-corrected chi connectivity index (χ3v) is 5.29. The average molecular weight is 420 g/mol. The van der Waals surface area contributed by atoms with E-state index in [0.717, 1.165) is 31.2 Å². The van der Waals surface area contributed by atoms with Gasteiger partial charge in [-0.15, -0.1) is 12.4 Å². The van der Waals surface area contributed by atoms with Crippen molar-refractivity contribution in [3.8, 4) is 0 Å². The topological polar surface area (TPSA) is 84.2 Å². The number of benzene rings is 2. The normalized spacial score (nSPS) is 21.0.